The fourth-order valence-corrected chi connectivity index (χ4v) is 8.53. The average molecular weight is 356 g/mol. The minimum absolute atomic E-state index is 0.226. The molecule has 0 aliphatic carbocycles. The van der Waals surface area contributed by atoms with Crippen LogP contribution in [-0.2, 0) is 9.53 Å². The molecule has 0 saturated carbocycles. The fraction of sp³-hybridized carbons (Fsp3) is 0.762. The van der Waals surface area contributed by atoms with Crippen molar-refractivity contribution in [1.29, 1.82) is 0 Å². The molecule has 0 saturated heterocycles. The van der Waals surface area contributed by atoms with Crippen molar-refractivity contribution >= 4 is 13.2 Å². The summed E-state index contributed by atoms with van der Waals surface area (Å²) in [7, 11) is 0.500. The van der Waals surface area contributed by atoms with Gasteiger partial charge in [-0.3, -0.25) is 0 Å². The standard InChI is InChI=1S/C21H40O2P/c1-7-11-14-24(15-12-8-2,16-13-9-3)18-19(5)17-20(10-4)21(22)23-6/h10,17H,7-9,11-16,18H2,1-6H3/q+1/b19-17+,20-10+. The number of unbranched alkanes of at least 4 members (excludes halogenated alkanes) is 3. The Labute approximate surface area is 151 Å². The van der Waals surface area contributed by atoms with Gasteiger partial charge in [0.2, 0.25) is 0 Å². The van der Waals surface area contributed by atoms with Crippen molar-refractivity contribution in [2.45, 2.75) is 73.1 Å². The first-order chi connectivity index (χ1) is 11.5. The number of ether oxygens (including phenoxy) is 1. The van der Waals surface area contributed by atoms with Crippen LogP contribution in [0.1, 0.15) is 73.1 Å². The van der Waals surface area contributed by atoms with Gasteiger partial charge in [-0.2, -0.15) is 0 Å². The minimum Gasteiger partial charge on any atom is -0.465 e. The van der Waals surface area contributed by atoms with Crippen molar-refractivity contribution in [1.82, 2.24) is 0 Å². The molecule has 0 fully saturated rings. The lowest BCUT2D eigenvalue weighted by Crippen LogP contribution is -2.14. The van der Waals surface area contributed by atoms with Gasteiger partial charge < -0.3 is 4.74 Å². The van der Waals surface area contributed by atoms with Crippen LogP contribution in [-0.4, -0.2) is 37.7 Å². The third-order valence-corrected chi connectivity index (χ3v) is 9.64. The summed E-state index contributed by atoms with van der Waals surface area (Å²) in [4.78, 5) is 11.8. The smallest absolute Gasteiger partial charge is 0.337 e. The predicted octanol–water partition coefficient (Wildman–Crippen LogP) is 6.47. The van der Waals surface area contributed by atoms with Crippen LogP contribution in [0, 0.1) is 0 Å². The van der Waals surface area contributed by atoms with Crippen LogP contribution in [0.2, 0.25) is 0 Å². The summed E-state index contributed by atoms with van der Waals surface area (Å²) in [5, 5.41) is 0. The van der Waals surface area contributed by atoms with Crippen LogP contribution in [0.5, 0.6) is 0 Å². The lowest BCUT2D eigenvalue weighted by atomic mass is 10.2. The van der Waals surface area contributed by atoms with Crippen molar-refractivity contribution in [2.75, 3.05) is 31.8 Å². The molecule has 0 atom stereocenters. The highest BCUT2D eigenvalue weighted by molar-refractivity contribution is 7.76. The molecule has 140 valence electrons. The van der Waals surface area contributed by atoms with Gasteiger partial charge in [-0.15, -0.1) is 0 Å². The molecule has 0 aliphatic rings. The van der Waals surface area contributed by atoms with Crippen LogP contribution >= 0.6 is 7.26 Å². The molecule has 0 amide bonds. The van der Waals surface area contributed by atoms with E-state index in [-0.39, 0.29) is 5.97 Å². The van der Waals surface area contributed by atoms with E-state index >= 15 is 0 Å². The summed E-state index contributed by atoms with van der Waals surface area (Å²) >= 11 is 0. The molecular weight excluding hydrogens is 315 g/mol. The summed E-state index contributed by atoms with van der Waals surface area (Å²) < 4.78 is 4.89. The van der Waals surface area contributed by atoms with Crippen molar-refractivity contribution in [3.05, 3.63) is 23.3 Å². The van der Waals surface area contributed by atoms with Gasteiger partial charge in [0.1, 0.15) is 0 Å². The van der Waals surface area contributed by atoms with Gasteiger partial charge in [0, 0.05) is 7.26 Å². The number of methoxy groups -OCH3 is 1. The van der Waals surface area contributed by atoms with Gasteiger partial charge in [-0.1, -0.05) is 46.1 Å². The lowest BCUT2D eigenvalue weighted by Gasteiger charge is -2.28. The maximum atomic E-state index is 11.8. The number of hydrogen-bond donors (Lipinski definition) is 0. The van der Waals surface area contributed by atoms with Gasteiger partial charge >= 0.3 is 5.97 Å². The Morgan fingerprint density at radius 2 is 1.42 bits per heavy atom. The Hall–Kier alpha value is -0.620. The van der Waals surface area contributed by atoms with Gasteiger partial charge in [0.05, 0.1) is 37.3 Å². The van der Waals surface area contributed by atoms with Gasteiger partial charge in [0.25, 0.3) is 0 Å². The number of carbonyl (C=O) groups is 1. The molecule has 0 aromatic rings. The van der Waals surface area contributed by atoms with Gasteiger partial charge in [0.15, 0.2) is 0 Å². The maximum Gasteiger partial charge on any atom is 0.337 e. The lowest BCUT2D eigenvalue weighted by molar-refractivity contribution is -0.135. The zero-order chi connectivity index (χ0) is 18.4. The molecule has 2 nitrogen and oxygen atoms in total. The molecule has 0 aromatic heterocycles. The molecular formula is C21H40O2P+. The summed E-state index contributed by atoms with van der Waals surface area (Å²) in [6, 6.07) is 0. The molecule has 3 heteroatoms. The second-order valence-electron chi connectivity index (χ2n) is 6.96. The Morgan fingerprint density at radius 1 is 0.958 bits per heavy atom. The van der Waals surface area contributed by atoms with E-state index in [4.69, 9.17) is 4.74 Å². The summed E-state index contributed by atoms with van der Waals surface area (Å²) in [6.45, 7) is 11.0. The van der Waals surface area contributed by atoms with Gasteiger partial charge in [-0.25, -0.2) is 4.79 Å². The zero-order valence-corrected chi connectivity index (χ0v) is 17.9. The SMILES string of the molecule is C/C=C(\C=C(/C)C[P+](CCCC)(CCCC)CCCC)C(=O)OC. The molecule has 0 radical (unpaired) electrons. The molecule has 0 aliphatic heterocycles. The van der Waals surface area contributed by atoms with E-state index in [1.165, 1.54) is 75.9 Å². The Morgan fingerprint density at radius 3 is 1.75 bits per heavy atom. The van der Waals surface area contributed by atoms with Crippen molar-refractivity contribution in [3.8, 4) is 0 Å². The van der Waals surface area contributed by atoms with Gasteiger partial charge in [-0.05, 0) is 44.8 Å². The van der Waals surface area contributed by atoms with Crippen LogP contribution in [0.25, 0.3) is 0 Å². The van der Waals surface area contributed by atoms with E-state index in [9.17, 15) is 4.79 Å². The molecule has 0 aromatic carbocycles. The zero-order valence-electron chi connectivity index (χ0n) is 17.0. The first-order valence-electron chi connectivity index (χ1n) is 9.75. The normalized spacial score (nSPS) is 13.2. The van der Waals surface area contributed by atoms with Crippen LogP contribution in [0.4, 0.5) is 0 Å². The first-order valence-corrected chi connectivity index (χ1v) is 12.3. The quantitative estimate of drug-likeness (QED) is 0.164. The second-order valence-corrected chi connectivity index (χ2v) is 11.3. The van der Waals surface area contributed by atoms with E-state index in [0.717, 1.165) is 0 Å². The highest BCUT2D eigenvalue weighted by Gasteiger charge is 2.35. The third-order valence-electron chi connectivity index (χ3n) is 4.68. The molecule has 0 heterocycles. The second kappa shape index (κ2) is 13.6. The topological polar surface area (TPSA) is 26.3 Å². The van der Waals surface area contributed by atoms with E-state index in [1.807, 2.05) is 13.0 Å². The van der Waals surface area contributed by atoms with Crippen molar-refractivity contribution in [2.24, 2.45) is 0 Å². The Kier molecular flexibility index (Phi) is 13.3. The van der Waals surface area contributed by atoms with Crippen molar-refractivity contribution < 1.29 is 9.53 Å². The number of rotatable bonds is 13. The number of hydrogen-bond acceptors (Lipinski definition) is 2. The summed E-state index contributed by atoms with van der Waals surface area (Å²) in [6.07, 6.45) is 17.3. The largest absolute Gasteiger partial charge is 0.465 e. The van der Waals surface area contributed by atoms with E-state index in [1.54, 1.807) is 0 Å². The predicted molar refractivity (Wildman–Crippen MR) is 111 cm³/mol. The Bertz CT molecular complexity index is 388. The third kappa shape index (κ3) is 9.02. The number of carbonyl (C=O) groups excluding carboxylic acids is 1. The maximum absolute atomic E-state index is 11.8. The minimum atomic E-state index is -0.955. The fourth-order valence-electron chi connectivity index (χ4n) is 3.27. The number of esters is 1. The monoisotopic (exact) mass is 355 g/mol. The average Bonchev–Trinajstić information content (AvgIpc) is 2.60. The molecule has 0 N–H and O–H groups in total. The molecule has 0 bridgehead atoms. The van der Waals surface area contributed by atoms with E-state index < -0.39 is 7.26 Å². The van der Waals surface area contributed by atoms with Crippen LogP contribution < -0.4 is 0 Å². The van der Waals surface area contributed by atoms with Crippen molar-refractivity contribution in [3.63, 3.8) is 0 Å². The first kappa shape index (κ1) is 23.4. The van der Waals surface area contributed by atoms with E-state index in [2.05, 4.69) is 33.8 Å². The Balaban J connectivity index is 5.32. The molecule has 0 spiro atoms. The van der Waals surface area contributed by atoms with E-state index in [0.29, 0.717) is 5.57 Å². The molecule has 0 unspecified atom stereocenters. The molecule has 24 heavy (non-hydrogen) atoms. The van der Waals surface area contributed by atoms with Crippen LogP contribution in [0.3, 0.4) is 0 Å². The number of allylic oxidation sites excluding steroid dienone is 2. The highest BCUT2D eigenvalue weighted by Crippen LogP contribution is 2.61. The van der Waals surface area contributed by atoms with Crippen LogP contribution in [0.15, 0.2) is 23.3 Å². The summed E-state index contributed by atoms with van der Waals surface area (Å²) in [5.74, 6) is -0.226. The summed E-state index contributed by atoms with van der Waals surface area (Å²) in [5.41, 5.74) is 2.04. The molecule has 0 rings (SSSR count). The highest BCUT2D eigenvalue weighted by atomic mass is 31.2.